The van der Waals surface area contributed by atoms with E-state index in [1.165, 1.54) is 6.92 Å². The molecule has 1 aromatic carbocycles. The fourth-order valence-corrected chi connectivity index (χ4v) is 2.61. The SMILES string of the molecule is CC(=O)c1ccc(NC(=O)/C(C#N)=C\N2CCN(CCN)CC2)cc1. The largest absolute Gasteiger partial charge is 0.374 e. The lowest BCUT2D eigenvalue weighted by Gasteiger charge is -2.33. The predicted molar refractivity (Wildman–Crippen MR) is 95.8 cm³/mol. The molecule has 1 fully saturated rings. The van der Waals surface area contributed by atoms with E-state index in [-0.39, 0.29) is 11.4 Å². The van der Waals surface area contributed by atoms with Crippen LogP contribution in [0, 0.1) is 11.3 Å². The van der Waals surface area contributed by atoms with Gasteiger partial charge in [-0.3, -0.25) is 14.5 Å². The highest BCUT2D eigenvalue weighted by Gasteiger charge is 2.17. The lowest BCUT2D eigenvalue weighted by atomic mass is 10.1. The molecular formula is C18H23N5O2. The van der Waals surface area contributed by atoms with Crippen LogP contribution in [0.4, 0.5) is 5.69 Å². The number of Topliss-reactive ketones (excluding diaryl/α,β-unsaturated/α-hetero) is 1. The molecule has 1 saturated heterocycles. The van der Waals surface area contributed by atoms with Crippen LogP contribution in [-0.2, 0) is 4.79 Å². The number of carbonyl (C=O) groups excluding carboxylic acids is 2. The molecule has 7 heteroatoms. The van der Waals surface area contributed by atoms with Crippen molar-refractivity contribution < 1.29 is 9.59 Å². The van der Waals surface area contributed by atoms with E-state index in [1.807, 2.05) is 11.0 Å². The Morgan fingerprint density at radius 3 is 2.40 bits per heavy atom. The number of ketones is 1. The van der Waals surface area contributed by atoms with Crippen molar-refractivity contribution in [3.63, 3.8) is 0 Å². The van der Waals surface area contributed by atoms with Crippen LogP contribution in [0.3, 0.4) is 0 Å². The number of rotatable bonds is 6. The highest BCUT2D eigenvalue weighted by Crippen LogP contribution is 2.12. The lowest BCUT2D eigenvalue weighted by molar-refractivity contribution is -0.112. The van der Waals surface area contributed by atoms with E-state index in [9.17, 15) is 14.9 Å². The first-order chi connectivity index (χ1) is 12.0. The summed E-state index contributed by atoms with van der Waals surface area (Å²) in [5, 5.41) is 12.0. The van der Waals surface area contributed by atoms with E-state index in [4.69, 9.17) is 5.73 Å². The molecule has 1 heterocycles. The third-order valence-corrected chi connectivity index (χ3v) is 4.08. The van der Waals surface area contributed by atoms with Crippen molar-refractivity contribution in [3.05, 3.63) is 41.6 Å². The number of amides is 1. The quantitative estimate of drug-likeness (QED) is 0.451. The summed E-state index contributed by atoms with van der Waals surface area (Å²) < 4.78 is 0. The standard InChI is InChI=1S/C18H23N5O2/c1-14(24)15-2-4-17(5-3-15)21-18(25)16(12-20)13-23-10-8-22(7-6-19)9-11-23/h2-5,13H,6-11,19H2,1H3,(H,21,25)/b16-13-. The minimum Gasteiger partial charge on any atom is -0.374 e. The van der Waals surface area contributed by atoms with Crippen LogP contribution in [0.5, 0.6) is 0 Å². The summed E-state index contributed by atoms with van der Waals surface area (Å²) in [4.78, 5) is 27.8. The van der Waals surface area contributed by atoms with E-state index < -0.39 is 5.91 Å². The average Bonchev–Trinajstić information content (AvgIpc) is 2.61. The molecule has 7 nitrogen and oxygen atoms in total. The topological polar surface area (TPSA) is 102 Å². The summed E-state index contributed by atoms with van der Waals surface area (Å²) in [6, 6.07) is 8.54. The minimum absolute atomic E-state index is 0.0377. The fourth-order valence-electron chi connectivity index (χ4n) is 2.61. The zero-order valence-electron chi connectivity index (χ0n) is 14.4. The van der Waals surface area contributed by atoms with Crippen LogP contribution >= 0.6 is 0 Å². The number of nitriles is 1. The molecule has 1 amide bonds. The maximum atomic E-state index is 12.3. The van der Waals surface area contributed by atoms with Crippen molar-refractivity contribution in [2.45, 2.75) is 6.92 Å². The molecule has 3 N–H and O–H groups in total. The number of anilines is 1. The fraction of sp³-hybridized carbons (Fsp3) is 0.389. The highest BCUT2D eigenvalue weighted by molar-refractivity contribution is 6.06. The van der Waals surface area contributed by atoms with Crippen molar-refractivity contribution >= 4 is 17.4 Å². The van der Waals surface area contributed by atoms with Crippen LogP contribution in [0.25, 0.3) is 0 Å². The summed E-state index contributed by atoms with van der Waals surface area (Å²) >= 11 is 0. The summed E-state index contributed by atoms with van der Waals surface area (Å²) in [6.07, 6.45) is 1.61. The molecule has 0 radical (unpaired) electrons. The van der Waals surface area contributed by atoms with Crippen molar-refractivity contribution in [3.8, 4) is 6.07 Å². The first kappa shape index (κ1) is 18.6. The van der Waals surface area contributed by atoms with Crippen LogP contribution in [-0.4, -0.2) is 60.8 Å². The van der Waals surface area contributed by atoms with Gasteiger partial charge < -0.3 is 16.0 Å². The number of nitrogens with two attached hydrogens (primary N) is 1. The number of hydrogen-bond acceptors (Lipinski definition) is 6. The molecule has 0 aliphatic carbocycles. The van der Waals surface area contributed by atoms with Crippen LogP contribution in [0.15, 0.2) is 36.0 Å². The van der Waals surface area contributed by atoms with Crippen molar-refractivity contribution in [1.82, 2.24) is 9.80 Å². The summed E-state index contributed by atoms with van der Waals surface area (Å²) in [7, 11) is 0. The van der Waals surface area contributed by atoms with Gasteiger partial charge in [-0.2, -0.15) is 5.26 Å². The Hall–Kier alpha value is -2.69. The van der Waals surface area contributed by atoms with Gasteiger partial charge in [0.2, 0.25) is 0 Å². The Kier molecular flexibility index (Phi) is 6.69. The van der Waals surface area contributed by atoms with Gasteiger partial charge in [-0.15, -0.1) is 0 Å². The Bertz CT molecular complexity index is 682. The van der Waals surface area contributed by atoms with E-state index >= 15 is 0 Å². The summed E-state index contributed by atoms with van der Waals surface area (Å²) in [6.45, 7) is 6.21. The Morgan fingerprint density at radius 2 is 1.88 bits per heavy atom. The maximum Gasteiger partial charge on any atom is 0.267 e. The molecule has 0 bridgehead atoms. The Morgan fingerprint density at radius 1 is 1.24 bits per heavy atom. The molecule has 1 aliphatic rings. The molecule has 0 saturated carbocycles. The van der Waals surface area contributed by atoms with Gasteiger partial charge in [0.05, 0.1) is 0 Å². The van der Waals surface area contributed by atoms with Gasteiger partial charge in [0.25, 0.3) is 5.91 Å². The maximum absolute atomic E-state index is 12.3. The third-order valence-electron chi connectivity index (χ3n) is 4.08. The number of hydrogen-bond donors (Lipinski definition) is 2. The third kappa shape index (κ3) is 5.41. The minimum atomic E-state index is -0.456. The van der Waals surface area contributed by atoms with Crippen LogP contribution < -0.4 is 11.1 Å². The van der Waals surface area contributed by atoms with Gasteiger partial charge in [-0.1, -0.05) is 0 Å². The second kappa shape index (κ2) is 8.97. The van der Waals surface area contributed by atoms with Crippen molar-refractivity contribution in [1.29, 1.82) is 5.26 Å². The number of nitrogens with zero attached hydrogens (tertiary/aromatic N) is 3. The van der Waals surface area contributed by atoms with E-state index in [0.29, 0.717) is 17.8 Å². The smallest absolute Gasteiger partial charge is 0.267 e. The number of piperazine rings is 1. The average molecular weight is 341 g/mol. The molecule has 132 valence electrons. The van der Waals surface area contributed by atoms with E-state index in [0.717, 1.165) is 32.7 Å². The molecular weight excluding hydrogens is 318 g/mol. The van der Waals surface area contributed by atoms with E-state index in [2.05, 4.69) is 10.2 Å². The van der Waals surface area contributed by atoms with Crippen LogP contribution in [0.1, 0.15) is 17.3 Å². The number of benzene rings is 1. The molecule has 1 aliphatic heterocycles. The van der Waals surface area contributed by atoms with Gasteiger partial charge in [0.15, 0.2) is 5.78 Å². The first-order valence-corrected chi connectivity index (χ1v) is 8.24. The van der Waals surface area contributed by atoms with Gasteiger partial charge in [0, 0.05) is 56.7 Å². The summed E-state index contributed by atoms with van der Waals surface area (Å²) in [5.41, 5.74) is 6.73. The van der Waals surface area contributed by atoms with Gasteiger partial charge in [-0.25, -0.2) is 0 Å². The second-order valence-electron chi connectivity index (χ2n) is 5.91. The predicted octanol–water partition coefficient (Wildman–Crippen LogP) is 0.811. The number of nitrogens with one attached hydrogen (secondary N) is 1. The normalized spacial score (nSPS) is 15.6. The zero-order valence-corrected chi connectivity index (χ0v) is 14.4. The summed E-state index contributed by atoms with van der Waals surface area (Å²) in [5.74, 6) is -0.494. The number of carbonyl (C=O) groups is 2. The van der Waals surface area contributed by atoms with Gasteiger partial charge in [0.1, 0.15) is 11.6 Å². The molecule has 2 rings (SSSR count). The molecule has 0 atom stereocenters. The zero-order chi connectivity index (χ0) is 18.2. The highest BCUT2D eigenvalue weighted by atomic mass is 16.1. The second-order valence-corrected chi connectivity index (χ2v) is 5.91. The van der Waals surface area contributed by atoms with E-state index in [1.54, 1.807) is 30.5 Å². The monoisotopic (exact) mass is 341 g/mol. The van der Waals surface area contributed by atoms with Gasteiger partial charge in [-0.05, 0) is 31.2 Å². The first-order valence-electron chi connectivity index (χ1n) is 8.24. The molecule has 1 aromatic rings. The van der Waals surface area contributed by atoms with Gasteiger partial charge >= 0.3 is 0 Å². The van der Waals surface area contributed by atoms with Crippen LogP contribution in [0.2, 0.25) is 0 Å². The van der Waals surface area contributed by atoms with Crippen molar-refractivity contribution in [2.24, 2.45) is 5.73 Å². The molecule has 0 aromatic heterocycles. The lowest BCUT2D eigenvalue weighted by Crippen LogP contribution is -2.45. The molecule has 0 spiro atoms. The molecule has 0 unspecified atom stereocenters. The van der Waals surface area contributed by atoms with Crippen molar-refractivity contribution in [2.75, 3.05) is 44.6 Å². The Balaban J connectivity index is 1.96. The molecule has 25 heavy (non-hydrogen) atoms. The Labute approximate surface area is 147 Å².